The van der Waals surface area contributed by atoms with Crippen molar-refractivity contribution in [3.8, 4) is 11.8 Å². The summed E-state index contributed by atoms with van der Waals surface area (Å²) in [7, 11) is 1.59. The maximum absolute atomic E-state index is 8.59. The van der Waals surface area contributed by atoms with E-state index in [9.17, 15) is 0 Å². The zero-order chi connectivity index (χ0) is 9.26. The normalized spacial score (nSPS) is 9.85. The molecular formula is C10H7NO2. The van der Waals surface area contributed by atoms with Crippen molar-refractivity contribution >= 4 is 11.0 Å². The van der Waals surface area contributed by atoms with Gasteiger partial charge in [0.25, 0.3) is 0 Å². The van der Waals surface area contributed by atoms with Crippen LogP contribution in [0.15, 0.2) is 28.7 Å². The highest BCUT2D eigenvalue weighted by Crippen LogP contribution is 2.23. The molecule has 0 spiro atoms. The number of methoxy groups -OCH3 is 1. The summed E-state index contributed by atoms with van der Waals surface area (Å²) in [5.74, 6) is 1.05. The summed E-state index contributed by atoms with van der Waals surface area (Å²) in [6.45, 7) is 0. The summed E-state index contributed by atoms with van der Waals surface area (Å²) < 4.78 is 10.2. The highest BCUT2D eigenvalue weighted by atomic mass is 16.5. The largest absolute Gasteiger partial charge is 0.497 e. The van der Waals surface area contributed by atoms with Gasteiger partial charge in [-0.2, -0.15) is 5.26 Å². The third-order valence-corrected chi connectivity index (χ3v) is 1.84. The van der Waals surface area contributed by atoms with E-state index in [0.29, 0.717) is 11.3 Å². The molecule has 0 radical (unpaired) electrons. The van der Waals surface area contributed by atoms with E-state index in [1.165, 1.54) is 0 Å². The van der Waals surface area contributed by atoms with Crippen LogP contribution in [0, 0.1) is 11.3 Å². The fourth-order valence-electron chi connectivity index (χ4n) is 1.19. The molecule has 0 amide bonds. The number of ether oxygens (including phenoxy) is 1. The summed E-state index contributed by atoms with van der Waals surface area (Å²) in [5.41, 5.74) is 0.677. The van der Waals surface area contributed by atoms with Crippen molar-refractivity contribution in [2.45, 2.75) is 0 Å². The van der Waals surface area contributed by atoms with Crippen LogP contribution in [0.5, 0.6) is 5.75 Å². The number of nitrogens with zero attached hydrogens (tertiary/aromatic N) is 1. The summed E-state index contributed by atoms with van der Waals surface area (Å²) in [4.78, 5) is 0. The summed E-state index contributed by atoms with van der Waals surface area (Å²) >= 11 is 0. The van der Waals surface area contributed by atoms with Crippen LogP contribution >= 0.6 is 0 Å². The summed E-state index contributed by atoms with van der Waals surface area (Å²) in [6.07, 6.45) is 0. The molecule has 0 aliphatic carbocycles. The number of benzene rings is 1. The first-order chi connectivity index (χ1) is 6.33. The lowest BCUT2D eigenvalue weighted by molar-refractivity contribution is 0.414. The van der Waals surface area contributed by atoms with Crippen LogP contribution in [-0.2, 0) is 0 Å². The van der Waals surface area contributed by atoms with Gasteiger partial charge in [-0.1, -0.05) is 0 Å². The van der Waals surface area contributed by atoms with Crippen LogP contribution in [0.1, 0.15) is 5.76 Å². The Morgan fingerprint density at radius 2 is 2.23 bits per heavy atom. The Bertz CT molecular complexity index is 479. The first-order valence-corrected chi connectivity index (χ1v) is 3.81. The molecule has 0 unspecified atom stereocenters. The van der Waals surface area contributed by atoms with Crippen molar-refractivity contribution in [3.63, 3.8) is 0 Å². The SMILES string of the molecule is COc1ccc2cc(C#N)oc2c1. The Kier molecular flexibility index (Phi) is 1.67. The van der Waals surface area contributed by atoms with Gasteiger partial charge in [0, 0.05) is 17.5 Å². The smallest absolute Gasteiger partial charge is 0.204 e. The van der Waals surface area contributed by atoms with Crippen molar-refractivity contribution in [2.24, 2.45) is 0 Å². The zero-order valence-electron chi connectivity index (χ0n) is 7.07. The highest BCUT2D eigenvalue weighted by Gasteiger charge is 2.03. The van der Waals surface area contributed by atoms with Crippen LogP contribution in [-0.4, -0.2) is 7.11 Å². The molecule has 0 N–H and O–H groups in total. The molecule has 3 heteroatoms. The van der Waals surface area contributed by atoms with Crippen LogP contribution in [0.3, 0.4) is 0 Å². The van der Waals surface area contributed by atoms with Crippen LogP contribution in [0.2, 0.25) is 0 Å². The molecule has 0 atom stereocenters. The van der Waals surface area contributed by atoms with Crippen molar-refractivity contribution in [3.05, 3.63) is 30.0 Å². The molecule has 3 nitrogen and oxygen atoms in total. The van der Waals surface area contributed by atoms with Gasteiger partial charge in [0.15, 0.2) is 0 Å². The Morgan fingerprint density at radius 3 is 2.92 bits per heavy atom. The predicted molar refractivity (Wildman–Crippen MR) is 47.5 cm³/mol. The third-order valence-electron chi connectivity index (χ3n) is 1.84. The second-order valence-corrected chi connectivity index (χ2v) is 2.63. The van der Waals surface area contributed by atoms with E-state index in [1.807, 2.05) is 18.2 Å². The number of rotatable bonds is 1. The lowest BCUT2D eigenvalue weighted by atomic mass is 10.2. The first-order valence-electron chi connectivity index (χ1n) is 3.81. The molecule has 0 bridgehead atoms. The first kappa shape index (κ1) is 7.69. The molecule has 64 valence electrons. The minimum absolute atomic E-state index is 0.322. The van der Waals surface area contributed by atoms with E-state index >= 15 is 0 Å². The quantitative estimate of drug-likeness (QED) is 0.664. The van der Waals surface area contributed by atoms with E-state index in [4.69, 9.17) is 14.4 Å². The molecule has 1 aromatic carbocycles. The topological polar surface area (TPSA) is 46.2 Å². The number of hydrogen-bond acceptors (Lipinski definition) is 3. The van der Waals surface area contributed by atoms with Crippen molar-refractivity contribution in [2.75, 3.05) is 7.11 Å². The molecule has 0 saturated heterocycles. The van der Waals surface area contributed by atoms with Gasteiger partial charge in [0.2, 0.25) is 5.76 Å². The van der Waals surface area contributed by atoms with Crippen LogP contribution in [0.25, 0.3) is 11.0 Å². The van der Waals surface area contributed by atoms with E-state index in [1.54, 1.807) is 19.2 Å². The lowest BCUT2D eigenvalue weighted by Crippen LogP contribution is -1.79. The fraction of sp³-hybridized carbons (Fsp3) is 0.100. The minimum Gasteiger partial charge on any atom is -0.497 e. The van der Waals surface area contributed by atoms with Crippen molar-refractivity contribution in [1.29, 1.82) is 5.26 Å². The van der Waals surface area contributed by atoms with Gasteiger partial charge in [-0.05, 0) is 12.1 Å². The van der Waals surface area contributed by atoms with Gasteiger partial charge < -0.3 is 9.15 Å². The molecule has 13 heavy (non-hydrogen) atoms. The van der Waals surface area contributed by atoms with Gasteiger partial charge in [0.1, 0.15) is 17.4 Å². The molecule has 0 aliphatic heterocycles. The zero-order valence-corrected chi connectivity index (χ0v) is 7.07. The lowest BCUT2D eigenvalue weighted by Gasteiger charge is -1.96. The van der Waals surface area contributed by atoms with E-state index in [2.05, 4.69) is 0 Å². The molecular weight excluding hydrogens is 166 g/mol. The average Bonchev–Trinajstić information content (AvgIpc) is 2.58. The molecule has 2 aromatic rings. The second kappa shape index (κ2) is 2.83. The molecule has 1 heterocycles. The predicted octanol–water partition coefficient (Wildman–Crippen LogP) is 2.31. The number of fused-ring (bicyclic) bond motifs is 1. The second-order valence-electron chi connectivity index (χ2n) is 2.63. The van der Waals surface area contributed by atoms with Crippen LogP contribution in [0.4, 0.5) is 0 Å². The molecule has 2 rings (SSSR count). The summed E-state index contributed by atoms with van der Waals surface area (Å²) in [6, 6.07) is 9.10. The Morgan fingerprint density at radius 1 is 1.38 bits per heavy atom. The Balaban J connectivity index is 2.65. The van der Waals surface area contributed by atoms with Gasteiger partial charge in [-0.3, -0.25) is 0 Å². The monoisotopic (exact) mass is 173 g/mol. The maximum atomic E-state index is 8.59. The number of nitriles is 1. The Hall–Kier alpha value is -1.95. The fourth-order valence-corrected chi connectivity index (χ4v) is 1.19. The van der Waals surface area contributed by atoms with Gasteiger partial charge in [-0.15, -0.1) is 0 Å². The molecule has 0 fully saturated rings. The van der Waals surface area contributed by atoms with Crippen molar-refractivity contribution in [1.82, 2.24) is 0 Å². The van der Waals surface area contributed by atoms with Crippen LogP contribution < -0.4 is 4.74 Å². The van der Waals surface area contributed by atoms with E-state index in [0.717, 1.165) is 11.1 Å². The van der Waals surface area contributed by atoms with Gasteiger partial charge in [-0.25, -0.2) is 0 Å². The van der Waals surface area contributed by atoms with Gasteiger partial charge >= 0.3 is 0 Å². The molecule has 1 aromatic heterocycles. The minimum atomic E-state index is 0.322. The molecule has 0 saturated carbocycles. The van der Waals surface area contributed by atoms with Gasteiger partial charge in [0.05, 0.1) is 7.11 Å². The van der Waals surface area contributed by atoms with Crippen molar-refractivity contribution < 1.29 is 9.15 Å². The average molecular weight is 173 g/mol. The van der Waals surface area contributed by atoms with E-state index in [-0.39, 0.29) is 0 Å². The Labute approximate surface area is 75.1 Å². The maximum Gasteiger partial charge on any atom is 0.204 e. The highest BCUT2D eigenvalue weighted by molar-refractivity contribution is 5.80. The third kappa shape index (κ3) is 1.23. The molecule has 0 aliphatic rings. The number of furan rings is 1. The number of hydrogen-bond donors (Lipinski definition) is 0. The summed E-state index contributed by atoms with van der Waals surface area (Å²) in [5, 5.41) is 9.50. The van der Waals surface area contributed by atoms with E-state index < -0.39 is 0 Å². The standard InChI is InChI=1S/C10H7NO2/c1-12-8-3-2-7-4-9(6-11)13-10(7)5-8/h2-5H,1H3.